The summed E-state index contributed by atoms with van der Waals surface area (Å²) in [6, 6.07) is 21.6. The maximum atomic E-state index is 13.2. The van der Waals surface area contributed by atoms with E-state index in [1.807, 2.05) is 6.07 Å². The molecule has 0 bridgehead atoms. The van der Waals surface area contributed by atoms with Gasteiger partial charge in [0.15, 0.2) is 0 Å². The van der Waals surface area contributed by atoms with Crippen LogP contribution < -0.4 is 4.90 Å². The van der Waals surface area contributed by atoms with E-state index in [0.29, 0.717) is 5.56 Å². The molecule has 4 aromatic carbocycles. The molecule has 36 heavy (non-hydrogen) atoms. The van der Waals surface area contributed by atoms with E-state index in [0.717, 1.165) is 10.5 Å². The number of rotatable bonds is 5. The summed E-state index contributed by atoms with van der Waals surface area (Å²) < 4.78 is 5.31. The molecule has 5 rings (SSSR count). The van der Waals surface area contributed by atoms with Gasteiger partial charge in [-0.25, -0.2) is 9.69 Å². The Labute approximate surface area is 203 Å². The molecule has 0 N–H and O–H groups in total. The molecule has 0 saturated heterocycles. The van der Waals surface area contributed by atoms with Gasteiger partial charge in [-0.2, -0.15) is 5.26 Å². The maximum absolute atomic E-state index is 13.2. The third kappa shape index (κ3) is 3.73. The van der Waals surface area contributed by atoms with Crippen molar-refractivity contribution in [1.82, 2.24) is 0 Å². The Bertz CT molecular complexity index is 1600. The molecule has 1 aliphatic heterocycles. The summed E-state index contributed by atoms with van der Waals surface area (Å²) >= 11 is 0. The van der Waals surface area contributed by atoms with Gasteiger partial charge in [0, 0.05) is 22.6 Å². The number of carbonyl (C=O) groups is 3. The summed E-state index contributed by atoms with van der Waals surface area (Å²) in [5.74, 6) is -1.82. The maximum Gasteiger partial charge on any atom is 0.338 e. The van der Waals surface area contributed by atoms with Crippen molar-refractivity contribution in [1.29, 1.82) is 5.26 Å². The predicted octanol–water partition coefficient (Wildman–Crippen LogP) is 4.78. The number of amides is 2. The van der Waals surface area contributed by atoms with E-state index in [9.17, 15) is 24.5 Å². The number of benzene rings is 4. The number of nitro benzene ring substituents is 1. The first-order chi connectivity index (χ1) is 17.4. The molecule has 174 valence electrons. The van der Waals surface area contributed by atoms with Crippen molar-refractivity contribution < 1.29 is 24.0 Å². The number of ether oxygens (including phenoxy) is 1. The molecule has 1 aliphatic rings. The zero-order valence-electron chi connectivity index (χ0n) is 18.5. The van der Waals surface area contributed by atoms with E-state index in [-0.39, 0.29) is 45.4 Å². The second kappa shape index (κ2) is 8.77. The Morgan fingerprint density at radius 1 is 0.917 bits per heavy atom. The highest BCUT2D eigenvalue weighted by atomic mass is 16.6. The monoisotopic (exact) mass is 477 g/mol. The van der Waals surface area contributed by atoms with Crippen LogP contribution in [0, 0.1) is 21.4 Å². The lowest BCUT2D eigenvalue weighted by Gasteiger charge is -2.27. The van der Waals surface area contributed by atoms with Crippen LogP contribution in [0.2, 0.25) is 0 Å². The van der Waals surface area contributed by atoms with Gasteiger partial charge in [-0.15, -0.1) is 0 Å². The number of carbonyl (C=O) groups excluding carboxylic acids is 3. The Kier molecular flexibility index (Phi) is 5.47. The van der Waals surface area contributed by atoms with Gasteiger partial charge in [-0.05, 0) is 60.2 Å². The van der Waals surface area contributed by atoms with Crippen LogP contribution in [0.1, 0.15) is 42.2 Å². The second-order valence-electron chi connectivity index (χ2n) is 7.99. The molecular weight excluding hydrogens is 462 g/mol. The first kappa shape index (κ1) is 22.4. The van der Waals surface area contributed by atoms with Gasteiger partial charge >= 0.3 is 5.97 Å². The third-order valence-corrected chi connectivity index (χ3v) is 5.90. The number of nitro groups is 1. The quantitative estimate of drug-likeness (QED) is 0.175. The van der Waals surface area contributed by atoms with Crippen LogP contribution in [0.25, 0.3) is 10.8 Å². The van der Waals surface area contributed by atoms with Gasteiger partial charge in [-0.1, -0.05) is 18.2 Å². The molecule has 0 unspecified atom stereocenters. The zero-order chi connectivity index (χ0) is 25.4. The molecule has 0 radical (unpaired) electrons. The number of anilines is 1. The number of hydrogen-bond acceptors (Lipinski definition) is 7. The summed E-state index contributed by atoms with van der Waals surface area (Å²) in [5, 5.41) is 20.7. The molecule has 9 heteroatoms. The van der Waals surface area contributed by atoms with Crippen LogP contribution in [-0.4, -0.2) is 22.7 Å². The van der Waals surface area contributed by atoms with E-state index >= 15 is 0 Å². The minimum atomic E-state index is -0.616. The normalized spacial score (nSPS) is 12.4. The lowest BCUT2D eigenvalue weighted by atomic mass is 9.92. The molecular formula is C27H15N3O6. The summed E-state index contributed by atoms with van der Waals surface area (Å²) in [6.45, 7) is 0.0162. The standard InChI is InChI=1S/C27H15N3O6/c28-14-16-4-6-17(7-5-16)15-36-27(33)18-8-10-19(11-9-18)29-25(31)21-3-1-2-20-23(30(34)35)13-12-22(24(20)21)26(29)32/h1-13H,15H2. The van der Waals surface area contributed by atoms with Gasteiger partial charge in [0.1, 0.15) is 6.61 Å². The van der Waals surface area contributed by atoms with E-state index < -0.39 is 22.7 Å². The topological polar surface area (TPSA) is 131 Å². The van der Waals surface area contributed by atoms with Gasteiger partial charge in [0.2, 0.25) is 0 Å². The fourth-order valence-electron chi connectivity index (χ4n) is 4.13. The average molecular weight is 477 g/mol. The fraction of sp³-hybridized carbons (Fsp3) is 0.0370. The molecule has 0 aromatic heterocycles. The number of non-ortho nitro benzene ring substituents is 1. The van der Waals surface area contributed by atoms with Crippen LogP contribution in [0.4, 0.5) is 11.4 Å². The highest BCUT2D eigenvalue weighted by molar-refractivity contribution is 6.36. The minimum Gasteiger partial charge on any atom is -0.457 e. The Morgan fingerprint density at radius 2 is 1.58 bits per heavy atom. The zero-order valence-corrected chi connectivity index (χ0v) is 18.5. The highest BCUT2D eigenvalue weighted by Gasteiger charge is 2.35. The van der Waals surface area contributed by atoms with Crippen molar-refractivity contribution in [3.8, 4) is 6.07 Å². The fourth-order valence-corrected chi connectivity index (χ4v) is 4.13. The summed E-state index contributed by atoms with van der Waals surface area (Å²) in [7, 11) is 0. The largest absolute Gasteiger partial charge is 0.457 e. The van der Waals surface area contributed by atoms with Crippen LogP contribution in [0.5, 0.6) is 0 Å². The van der Waals surface area contributed by atoms with Gasteiger partial charge in [0.05, 0.1) is 33.2 Å². The molecule has 0 aliphatic carbocycles. The Balaban J connectivity index is 1.39. The molecule has 0 spiro atoms. The Hall–Kier alpha value is -5.36. The molecule has 0 fully saturated rings. The first-order valence-corrected chi connectivity index (χ1v) is 10.7. The van der Waals surface area contributed by atoms with Crippen molar-refractivity contribution in [3.05, 3.63) is 117 Å². The van der Waals surface area contributed by atoms with Crippen LogP contribution in [0.15, 0.2) is 78.9 Å². The van der Waals surface area contributed by atoms with Crippen molar-refractivity contribution >= 4 is 39.9 Å². The lowest BCUT2D eigenvalue weighted by Crippen LogP contribution is -2.40. The highest BCUT2D eigenvalue weighted by Crippen LogP contribution is 2.36. The van der Waals surface area contributed by atoms with Crippen LogP contribution >= 0.6 is 0 Å². The summed E-state index contributed by atoms with van der Waals surface area (Å²) in [5.41, 5.74) is 1.86. The second-order valence-corrected chi connectivity index (χ2v) is 7.99. The number of esters is 1. The van der Waals surface area contributed by atoms with E-state index in [2.05, 4.69) is 0 Å². The number of nitrogens with zero attached hydrogens (tertiary/aromatic N) is 3. The smallest absolute Gasteiger partial charge is 0.338 e. The molecule has 4 aromatic rings. The van der Waals surface area contributed by atoms with Gasteiger partial charge in [-0.3, -0.25) is 19.7 Å². The molecule has 1 heterocycles. The number of nitriles is 1. The summed E-state index contributed by atoms with van der Waals surface area (Å²) in [6.07, 6.45) is 0. The SMILES string of the molecule is N#Cc1ccc(COC(=O)c2ccc(N3C(=O)c4cccc5c([N+](=O)[O-])ccc(c45)C3=O)cc2)cc1. The van der Waals surface area contributed by atoms with Crippen molar-refractivity contribution in [2.45, 2.75) is 6.61 Å². The summed E-state index contributed by atoms with van der Waals surface area (Å²) in [4.78, 5) is 50.8. The third-order valence-electron chi connectivity index (χ3n) is 5.90. The van der Waals surface area contributed by atoms with Gasteiger partial charge < -0.3 is 4.74 Å². The van der Waals surface area contributed by atoms with E-state index in [1.54, 1.807) is 24.3 Å². The van der Waals surface area contributed by atoms with Crippen molar-refractivity contribution in [2.75, 3.05) is 4.90 Å². The Morgan fingerprint density at radius 3 is 2.22 bits per heavy atom. The number of hydrogen-bond donors (Lipinski definition) is 0. The van der Waals surface area contributed by atoms with Crippen LogP contribution in [-0.2, 0) is 11.3 Å². The first-order valence-electron chi connectivity index (χ1n) is 10.7. The van der Waals surface area contributed by atoms with E-state index in [4.69, 9.17) is 10.00 Å². The molecule has 0 atom stereocenters. The number of imide groups is 1. The molecule has 2 amide bonds. The van der Waals surface area contributed by atoms with Crippen molar-refractivity contribution in [2.24, 2.45) is 0 Å². The van der Waals surface area contributed by atoms with Crippen molar-refractivity contribution in [3.63, 3.8) is 0 Å². The van der Waals surface area contributed by atoms with E-state index in [1.165, 1.54) is 54.6 Å². The molecule has 9 nitrogen and oxygen atoms in total. The van der Waals surface area contributed by atoms with Crippen LogP contribution in [0.3, 0.4) is 0 Å². The average Bonchev–Trinajstić information content (AvgIpc) is 2.90. The predicted molar refractivity (Wildman–Crippen MR) is 128 cm³/mol. The minimum absolute atomic E-state index is 0.0162. The van der Waals surface area contributed by atoms with Gasteiger partial charge in [0.25, 0.3) is 17.5 Å². The lowest BCUT2D eigenvalue weighted by molar-refractivity contribution is -0.383. The molecule has 0 saturated carbocycles.